The first-order valence-corrected chi connectivity index (χ1v) is 30.6. The lowest BCUT2D eigenvalue weighted by atomic mass is 9.81. The van der Waals surface area contributed by atoms with Gasteiger partial charge in [0.15, 0.2) is 5.60 Å². The predicted octanol–water partition coefficient (Wildman–Crippen LogP) is 13.6. The van der Waals surface area contributed by atoms with E-state index in [-0.39, 0.29) is 77.7 Å². The molecule has 15 nitrogen and oxygen atoms in total. The predicted molar refractivity (Wildman–Crippen MR) is 317 cm³/mol. The second kappa shape index (κ2) is 36.2. The minimum Gasteiger partial charge on any atom is -0.469 e. The summed E-state index contributed by atoms with van der Waals surface area (Å²) in [6.07, 6.45) is 6.88. The van der Waals surface area contributed by atoms with Gasteiger partial charge in [-0.2, -0.15) is 13.2 Å². The van der Waals surface area contributed by atoms with E-state index >= 15 is 0 Å². The van der Waals surface area contributed by atoms with Crippen molar-refractivity contribution in [3.05, 3.63) is 0 Å². The lowest BCUT2D eigenvalue weighted by Crippen LogP contribution is -2.51. The second-order valence-corrected chi connectivity index (χ2v) is 26.9. The number of rotatable bonds is 22. The average Bonchev–Trinajstić information content (AvgIpc) is 4.14. The van der Waals surface area contributed by atoms with Crippen LogP contribution in [0.5, 0.6) is 0 Å². The molecule has 18 heteroatoms. The summed E-state index contributed by atoms with van der Waals surface area (Å²) in [5.41, 5.74) is -7.94. The summed E-state index contributed by atoms with van der Waals surface area (Å²) in [5.74, 6) is -0.0684. The number of carbonyl (C=O) groups is 5. The van der Waals surface area contributed by atoms with Gasteiger partial charge in [-0.15, -0.1) is 0 Å². The normalized spacial score (nSPS) is 21.0. The van der Waals surface area contributed by atoms with Crippen LogP contribution in [0.15, 0.2) is 0 Å². The van der Waals surface area contributed by atoms with Crippen LogP contribution in [-0.4, -0.2) is 120 Å². The van der Waals surface area contributed by atoms with Crippen LogP contribution in [0.2, 0.25) is 0 Å². The van der Waals surface area contributed by atoms with Crippen LogP contribution in [0, 0.1) is 53.3 Å². The van der Waals surface area contributed by atoms with Gasteiger partial charge in [0.05, 0.1) is 59.1 Å². The molecule has 3 aliphatic rings. The van der Waals surface area contributed by atoms with Gasteiger partial charge in [0.2, 0.25) is 0 Å². The van der Waals surface area contributed by atoms with Crippen LogP contribution in [0.4, 0.5) is 13.2 Å². The van der Waals surface area contributed by atoms with Crippen molar-refractivity contribution in [1.82, 2.24) is 0 Å². The van der Waals surface area contributed by atoms with E-state index in [2.05, 4.69) is 4.74 Å². The Morgan fingerprint density at radius 2 is 0.939 bits per heavy atom. The number of carbonyl (C=O) groups excluding carboxylic acids is 5. The zero-order chi connectivity index (χ0) is 65.4. The first-order valence-electron chi connectivity index (χ1n) is 30.6. The van der Waals surface area contributed by atoms with Gasteiger partial charge in [0, 0.05) is 0 Å². The van der Waals surface area contributed by atoms with Crippen molar-refractivity contribution in [1.29, 1.82) is 0 Å². The number of esters is 5. The van der Waals surface area contributed by atoms with Crippen molar-refractivity contribution < 1.29 is 86.4 Å². The van der Waals surface area contributed by atoms with Gasteiger partial charge in [0.1, 0.15) is 23.4 Å². The topological polar surface area (TPSA) is 233 Å². The third kappa shape index (κ3) is 29.4. The molecular weight excluding hydrogens is 1070 g/mol. The fourth-order valence-electron chi connectivity index (χ4n) is 9.16. The highest BCUT2D eigenvalue weighted by Crippen LogP contribution is 2.52. The fourth-order valence-corrected chi connectivity index (χ4v) is 9.16. The van der Waals surface area contributed by atoms with E-state index in [0.29, 0.717) is 18.3 Å². The number of fused-ring (bicyclic) bond motifs is 2. The molecule has 0 amide bonds. The number of halogens is 3. The van der Waals surface area contributed by atoms with Gasteiger partial charge in [-0.3, -0.25) is 24.0 Å². The zero-order valence-electron chi connectivity index (χ0n) is 55.9. The molecule has 0 aliphatic heterocycles. The smallest absolute Gasteiger partial charge is 0.416 e. The second-order valence-electron chi connectivity index (χ2n) is 26.9. The molecular formula is C64H121F3O15. The van der Waals surface area contributed by atoms with Gasteiger partial charge >= 0.3 is 36.0 Å². The van der Waals surface area contributed by atoms with Crippen LogP contribution in [-0.2, 0) is 47.7 Å². The van der Waals surface area contributed by atoms with Crippen LogP contribution in [0.1, 0.15) is 262 Å². The van der Waals surface area contributed by atoms with Crippen molar-refractivity contribution in [3.8, 4) is 0 Å². The Morgan fingerprint density at radius 1 is 0.537 bits per heavy atom. The van der Waals surface area contributed by atoms with Gasteiger partial charge < -0.3 is 49.2 Å². The molecule has 0 spiro atoms. The SMILES string of the molecule is CC(O)(CC1CC2CCC1C2)C(F)(F)F.CCC(C)C(=O)OC.CCC(C)C(=O)OC(C(C)C)C(C)(C)O.CCC(C)C(=O)OC(C)(C)C(C)(C)O.CCC(C)C(=O)OC(CC)C(C)(C)O.CCC(C)C(=O)OC1(C(C)(C)O)CCCC1. The van der Waals surface area contributed by atoms with Crippen molar-refractivity contribution in [3.63, 3.8) is 0 Å². The number of ether oxygens (including phenoxy) is 5. The van der Waals surface area contributed by atoms with Gasteiger partial charge in [-0.05, 0) is 190 Å². The van der Waals surface area contributed by atoms with E-state index in [1.165, 1.54) is 13.5 Å². The summed E-state index contributed by atoms with van der Waals surface area (Å²) in [4.78, 5) is 56.9. The van der Waals surface area contributed by atoms with Gasteiger partial charge in [-0.25, -0.2) is 0 Å². The standard InChI is InChI=1S/C13H24O3.C12H24O3.C11H17F3O.2C11H22O3.C6H12O2/c1-5-10(2)11(14)16-13(12(3,4)15)8-6-7-9-13;1-7-9(4)11(13)15-10(8(2)3)12(5,6)14;1-10(15,11(12,13)14)6-9-5-7-2-3-8(9)4-7;1-7-8(2)9(12)14-11(5,6)10(3,4)13;1-6-8(3)10(12)14-9(7-2)11(4,5)13;1-4-5(2)6(7)8-3/h10,15H,5-9H2,1-4H3;8-10,14H,7H2,1-6H3;7-9,15H,2-6H2,1H3;8,13H,7H2,1-6H3;8-9,13H,6-7H2,1-5H3;5H,4H2,1-3H3. The Hall–Kier alpha value is -3.06. The number of hydrogen-bond acceptors (Lipinski definition) is 15. The highest BCUT2D eigenvalue weighted by atomic mass is 19.4. The van der Waals surface area contributed by atoms with Crippen molar-refractivity contribution >= 4 is 29.8 Å². The van der Waals surface area contributed by atoms with Crippen LogP contribution in [0.25, 0.3) is 0 Å². The summed E-state index contributed by atoms with van der Waals surface area (Å²) in [6, 6.07) is 0. The Balaban J connectivity index is -0.000000922. The molecule has 5 N–H and O–H groups in total. The molecule has 11 atom stereocenters. The summed E-state index contributed by atoms with van der Waals surface area (Å²) >= 11 is 0. The average molecular weight is 1190 g/mol. The summed E-state index contributed by atoms with van der Waals surface area (Å²) < 4.78 is 63.4. The molecule has 0 radical (unpaired) electrons. The van der Waals surface area contributed by atoms with Crippen LogP contribution < -0.4 is 0 Å². The Labute approximate surface area is 495 Å². The van der Waals surface area contributed by atoms with Crippen molar-refractivity contribution in [2.75, 3.05) is 7.11 Å². The third-order valence-corrected chi connectivity index (χ3v) is 17.0. The number of aliphatic hydroxyl groups is 5. The van der Waals surface area contributed by atoms with Crippen molar-refractivity contribution in [2.45, 2.75) is 320 Å². The Morgan fingerprint density at radius 3 is 1.23 bits per heavy atom. The van der Waals surface area contributed by atoms with E-state index in [4.69, 9.17) is 18.9 Å². The minimum absolute atomic E-state index is 0.0556. The first-order chi connectivity index (χ1) is 37.0. The zero-order valence-corrected chi connectivity index (χ0v) is 55.9. The van der Waals surface area contributed by atoms with E-state index in [9.17, 15) is 62.7 Å². The largest absolute Gasteiger partial charge is 0.469 e. The lowest BCUT2D eigenvalue weighted by molar-refractivity contribution is -0.259. The molecule has 2 bridgehead atoms. The summed E-state index contributed by atoms with van der Waals surface area (Å²) in [5, 5.41) is 49.0. The maximum atomic E-state index is 12.5. The first kappa shape index (κ1) is 83.2. The molecule has 488 valence electrons. The summed E-state index contributed by atoms with van der Waals surface area (Å²) in [7, 11) is 1.41. The highest BCUT2D eigenvalue weighted by Gasteiger charge is 2.54. The van der Waals surface area contributed by atoms with Gasteiger partial charge in [-0.1, -0.05) is 96.4 Å². The lowest BCUT2D eigenvalue weighted by Gasteiger charge is -2.40. The van der Waals surface area contributed by atoms with E-state index in [0.717, 1.165) is 84.0 Å². The molecule has 3 saturated carbocycles. The molecule has 3 aliphatic carbocycles. The Bertz CT molecular complexity index is 1830. The number of hydrogen-bond donors (Lipinski definition) is 5. The van der Waals surface area contributed by atoms with Crippen LogP contribution in [0.3, 0.4) is 0 Å². The number of methoxy groups -OCH3 is 1. The Kier molecular flexibility index (Phi) is 36.7. The van der Waals surface area contributed by atoms with E-state index in [1.807, 2.05) is 90.0 Å². The van der Waals surface area contributed by atoms with E-state index < -0.39 is 57.6 Å². The monoisotopic (exact) mass is 1190 g/mol. The van der Waals surface area contributed by atoms with Gasteiger partial charge in [0.25, 0.3) is 0 Å². The molecule has 3 rings (SSSR count). The maximum absolute atomic E-state index is 12.5. The number of alkyl halides is 3. The molecule has 82 heavy (non-hydrogen) atoms. The van der Waals surface area contributed by atoms with Crippen LogP contribution >= 0.6 is 0 Å². The molecule has 0 saturated heterocycles. The molecule has 3 fully saturated rings. The molecule has 0 aromatic rings. The van der Waals surface area contributed by atoms with E-state index in [1.54, 1.807) is 69.2 Å². The fraction of sp³-hybridized carbons (Fsp3) is 0.922. The molecule has 11 unspecified atom stereocenters. The quantitative estimate of drug-likeness (QED) is 0.0501. The third-order valence-electron chi connectivity index (χ3n) is 17.0. The summed E-state index contributed by atoms with van der Waals surface area (Å²) in [6.45, 7) is 42.5. The van der Waals surface area contributed by atoms with Crippen molar-refractivity contribution in [2.24, 2.45) is 53.3 Å². The molecule has 0 aromatic carbocycles. The maximum Gasteiger partial charge on any atom is 0.416 e. The minimum atomic E-state index is -4.49. The molecule has 0 heterocycles. The molecule has 0 aromatic heterocycles. The highest BCUT2D eigenvalue weighted by molar-refractivity contribution is 5.74.